The van der Waals surface area contributed by atoms with Crippen LogP contribution in [0.5, 0.6) is 0 Å². The fourth-order valence-electron chi connectivity index (χ4n) is 4.06. The van der Waals surface area contributed by atoms with Crippen molar-refractivity contribution in [1.29, 1.82) is 0 Å². The lowest BCUT2D eigenvalue weighted by Crippen LogP contribution is -2.14. The van der Waals surface area contributed by atoms with Crippen LogP contribution in [0.25, 0.3) is 11.3 Å². The minimum Gasteiger partial charge on any atom is -0.155 e. The van der Waals surface area contributed by atoms with Crippen molar-refractivity contribution in [3.05, 3.63) is 47.7 Å². The molecule has 0 radical (unpaired) electrons. The van der Waals surface area contributed by atoms with Crippen molar-refractivity contribution >= 4 is 0 Å². The molecule has 1 aliphatic carbocycles. The van der Waals surface area contributed by atoms with Gasteiger partial charge in [0.15, 0.2) is 0 Å². The van der Waals surface area contributed by atoms with E-state index in [1.165, 1.54) is 50.5 Å². The Kier molecular flexibility index (Phi) is 6.61. The third-order valence-electron chi connectivity index (χ3n) is 5.86. The third-order valence-corrected chi connectivity index (χ3v) is 5.86. The van der Waals surface area contributed by atoms with Crippen molar-refractivity contribution in [2.24, 2.45) is 11.8 Å². The lowest BCUT2D eigenvalue weighted by Gasteiger charge is -2.27. The molecule has 134 valence electrons. The lowest BCUT2D eigenvalue weighted by atomic mass is 9.79. The summed E-state index contributed by atoms with van der Waals surface area (Å²) >= 11 is 0. The van der Waals surface area contributed by atoms with E-state index >= 15 is 0 Å². The van der Waals surface area contributed by atoms with E-state index in [1.54, 1.807) is 0 Å². The van der Waals surface area contributed by atoms with Crippen molar-refractivity contribution in [3.63, 3.8) is 0 Å². The van der Waals surface area contributed by atoms with Gasteiger partial charge in [0.05, 0.1) is 11.4 Å². The molecule has 3 rings (SSSR count). The molecule has 0 bridgehead atoms. The molecule has 0 amide bonds. The van der Waals surface area contributed by atoms with Gasteiger partial charge in [0.1, 0.15) is 0 Å². The van der Waals surface area contributed by atoms with Crippen LogP contribution < -0.4 is 0 Å². The first-order chi connectivity index (χ1) is 12.3. The highest BCUT2D eigenvalue weighted by Gasteiger charge is 2.19. The molecule has 0 unspecified atom stereocenters. The van der Waals surface area contributed by atoms with Crippen LogP contribution in [-0.4, -0.2) is 10.2 Å². The maximum atomic E-state index is 4.48. The summed E-state index contributed by atoms with van der Waals surface area (Å²) in [5.41, 5.74) is 4.68. The number of aryl methyl sites for hydroxylation is 2. The summed E-state index contributed by atoms with van der Waals surface area (Å²) < 4.78 is 0. The van der Waals surface area contributed by atoms with E-state index in [0.29, 0.717) is 0 Å². The molecule has 2 aromatic rings. The van der Waals surface area contributed by atoms with Gasteiger partial charge in [-0.3, -0.25) is 0 Å². The first-order valence-electron chi connectivity index (χ1n) is 10.2. The van der Waals surface area contributed by atoms with Crippen LogP contribution in [0, 0.1) is 11.8 Å². The molecule has 2 heteroatoms. The number of benzene rings is 1. The molecule has 1 aromatic heterocycles. The van der Waals surface area contributed by atoms with Crippen molar-refractivity contribution in [2.75, 3.05) is 0 Å². The molecule has 0 N–H and O–H groups in total. The summed E-state index contributed by atoms with van der Waals surface area (Å²) in [5.74, 6) is 1.88. The van der Waals surface area contributed by atoms with E-state index in [0.717, 1.165) is 41.6 Å². The molecule has 0 saturated heterocycles. The van der Waals surface area contributed by atoms with Crippen LogP contribution in [0.4, 0.5) is 0 Å². The molecule has 0 aliphatic heterocycles. The van der Waals surface area contributed by atoms with Crippen LogP contribution in [0.3, 0.4) is 0 Å². The van der Waals surface area contributed by atoms with Gasteiger partial charge in [-0.2, -0.15) is 10.2 Å². The summed E-state index contributed by atoms with van der Waals surface area (Å²) in [5, 5.41) is 8.94. The van der Waals surface area contributed by atoms with E-state index < -0.39 is 0 Å². The molecule has 0 spiro atoms. The Labute approximate surface area is 153 Å². The Balaban J connectivity index is 1.52. The molecule has 2 nitrogen and oxygen atoms in total. The molecule has 1 aromatic carbocycles. The quantitative estimate of drug-likeness (QED) is 0.597. The van der Waals surface area contributed by atoms with Gasteiger partial charge in [0, 0.05) is 5.56 Å². The zero-order valence-electron chi connectivity index (χ0n) is 15.9. The Hall–Kier alpha value is -1.70. The van der Waals surface area contributed by atoms with Crippen molar-refractivity contribution in [3.8, 4) is 11.3 Å². The zero-order chi connectivity index (χ0) is 17.5. The van der Waals surface area contributed by atoms with Gasteiger partial charge in [-0.1, -0.05) is 76.6 Å². The Bertz CT molecular complexity index is 622. The third kappa shape index (κ3) is 5.14. The summed E-state index contributed by atoms with van der Waals surface area (Å²) in [6.45, 7) is 4.55. The second-order valence-corrected chi connectivity index (χ2v) is 7.69. The highest BCUT2D eigenvalue weighted by Crippen LogP contribution is 2.33. The maximum Gasteiger partial charge on any atom is 0.0929 e. The highest BCUT2D eigenvalue weighted by atomic mass is 15.1. The number of nitrogens with zero attached hydrogens (tertiary/aromatic N) is 2. The number of hydrogen-bond acceptors (Lipinski definition) is 2. The molecule has 1 heterocycles. The largest absolute Gasteiger partial charge is 0.155 e. The van der Waals surface area contributed by atoms with Crippen LogP contribution in [-0.2, 0) is 12.8 Å². The van der Waals surface area contributed by atoms with Crippen LogP contribution in [0.15, 0.2) is 36.4 Å². The molecule has 1 fully saturated rings. The smallest absolute Gasteiger partial charge is 0.0929 e. The van der Waals surface area contributed by atoms with Crippen LogP contribution >= 0.6 is 0 Å². The van der Waals surface area contributed by atoms with E-state index in [2.05, 4.69) is 60.4 Å². The van der Waals surface area contributed by atoms with Crippen molar-refractivity contribution in [1.82, 2.24) is 10.2 Å². The molecule has 1 aliphatic rings. The average molecular weight is 337 g/mol. The minimum absolute atomic E-state index is 0.899. The molecular weight excluding hydrogens is 304 g/mol. The van der Waals surface area contributed by atoms with Crippen LogP contribution in [0.1, 0.15) is 70.1 Å². The van der Waals surface area contributed by atoms with Gasteiger partial charge in [-0.05, 0) is 48.8 Å². The fourth-order valence-corrected chi connectivity index (χ4v) is 4.06. The Morgan fingerprint density at radius 2 is 1.52 bits per heavy atom. The Morgan fingerprint density at radius 3 is 2.12 bits per heavy atom. The standard InChI is InChI=1S/C23H32N2/c1-3-5-19-10-13-21(14-11-19)23-17-16-22(24-25-23)15-12-20-8-6-18(4-2)7-9-20/h10-11,13-14,16-18,20H,3-9,12,15H2,1-2H3. The number of hydrogen-bond donors (Lipinski definition) is 0. The lowest BCUT2D eigenvalue weighted by molar-refractivity contribution is 0.258. The van der Waals surface area contributed by atoms with Gasteiger partial charge < -0.3 is 0 Å². The van der Waals surface area contributed by atoms with E-state index in [1.807, 2.05) is 0 Å². The maximum absolute atomic E-state index is 4.48. The second-order valence-electron chi connectivity index (χ2n) is 7.69. The van der Waals surface area contributed by atoms with Gasteiger partial charge in [0.25, 0.3) is 0 Å². The van der Waals surface area contributed by atoms with Crippen molar-refractivity contribution < 1.29 is 0 Å². The second kappa shape index (κ2) is 9.12. The van der Waals surface area contributed by atoms with E-state index in [-0.39, 0.29) is 0 Å². The highest BCUT2D eigenvalue weighted by molar-refractivity contribution is 5.58. The fraction of sp³-hybridized carbons (Fsp3) is 0.565. The average Bonchev–Trinajstić information content (AvgIpc) is 2.68. The normalized spacial score (nSPS) is 20.6. The monoisotopic (exact) mass is 336 g/mol. The van der Waals surface area contributed by atoms with Crippen molar-refractivity contribution in [2.45, 2.75) is 71.6 Å². The van der Waals surface area contributed by atoms with Gasteiger partial charge >= 0.3 is 0 Å². The van der Waals surface area contributed by atoms with Gasteiger partial charge in [-0.15, -0.1) is 0 Å². The first-order valence-corrected chi connectivity index (χ1v) is 10.2. The predicted octanol–water partition coefficient (Wildman–Crippen LogP) is 6.25. The number of rotatable bonds is 7. The van der Waals surface area contributed by atoms with Gasteiger partial charge in [0.2, 0.25) is 0 Å². The molecular formula is C23H32N2. The van der Waals surface area contributed by atoms with E-state index in [4.69, 9.17) is 0 Å². The molecule has 1 saturated carbocycles. The predicted molar refractivity (Wildman–Crippen MR) is 106 cm³/mol. The summed E-state index contributed by atoms with van der Waals surface area (Å²) in [7, 11) is 0. The minimum atomic E-state index is 0.899. The number of aromatic nitrogens is 2. The topological polar surface area (TPSA) is 25.8 Å². The summed E-state index contributed by atoms with van der Waals surface area (Å²) in [6, 6.07) is 13.1. The SMILES string of the molecule is CCCc1ccc(-c2ccc(CCC3CCC(CC)CC3)nn2)cc1. The van der Waals surface area contributed by atoms with E-state index in [9.17, 15) is 0 Å². The zero-order valence-corrected chi connectivity index (χ0v) is 15.9. The summed E-state index contributed by atoms with van der Waals surface area (Å²) in [4.78, 5) is 0. The van der Waals surface area contributed by atoms with Crippen LogP contribution in [0.2, 0.25) is 0 Å². The van der Waals surface area contributed by atoms with Gasteiger partial charge in [-0.25, -0.2) is 0 Å². The molecule has 0 atom stereocenters. The Morgan fingerprint density at radius 1 is 0.800 bits per heavy atom. The molecule has 25 heavy (non-hydrogen) atoms. The summed E-state index contributed by atoms with van der Waals surface area (Å²) in [6.07, 6.45) is 11.7. The first kappa shape index (κ1) is 18.1.